The molecular formula is C17H22N2O3S. The van der Waals surface area contributed by atoms with Crippen LogP contribution in [0.5, 0.6) is 0 Å². The maximum atomic E-state index is 12.0. The normalized spacial score (nSPS) is 14.8. The number of urea groups is 1. The van der Waals surface area contributed by atoms with Gasteiger partial charge in [0.2, 0.25) is 0 Å². The Morgan fingerprint density at radius 3 is 2.87 bits per heavy atom. The number of hydrogen-bond acceptors (Lipinski definition) is 4. The van der Waals surface area contributed by atoms with Gasteiger partial charge in [-0.05, 0) is 53.9 Å². The Kier molecular flexibility index (Phi) is 5.76. The third-order valence-electron chi connectivity index (χ3n) is 3.70. The maximum absolute atomic E-state index is 12.0. The van der Waals surface area contributed by atoms with Crippen molar-refractivity contribution in [3.8, 4) is 0 Å². The average molecular weight is 334 g/mol. The monoisotopic (exact) mass is 334 g/mol. The zero-order valence-corrected chi connectivity index (χ0v) is 14.3. The number of carbonyl (C=O) groups excluding carboxylic acids is 1. The zero-order valence-electron chi connectivity index (χ0n) is 13.5. The molecule has 0 saturated heterocycles. The highest BCUT2D eigenvalue weighted by Crippen LogP contribution is 2.22. The molecule has 0 fully saturated rings. The molecule has 0 aliphatic heterocycles. The van der Waals surface area contributed by atoms with Crippen molar-refractivity contribution in [2.75, 3.05) is 19.0 Å². The van der Waals surface area contributed by atoms with Crippen LogP contribution in [0.25, 0.3) is 0 Å². The van der Waals surface area contributed by atoms with E-state index in [2.05, 4.69) is 10.6 Å². The van der Waals surface area contributed by atoms with Crippen molar-refractivity contribution in [3.63, 3.8) is 0 Å². The molecular weight excluding hydrogens is 312 g/mol. The summed E-state index contributed by atoms with van der Waals surface area (Å²) in [7, 11) is 1.64. The second kappa shape index (κ2) is 7.59. The molecule has 0 aliphatic rings. The Hall–Kier alpha value is -1.89. The summed E-state index contributed by atoms with van der Waals surface area (Å²) >= 11 is 1.51. The Morgan fingerprint density at radius 1 is 1.43 bits per heavy atom. The van der Waals surface area contributed by atoms with Gasteiger partial charge in [0.15, 0.2) is 0 Å². The first-order valence-electron chi connectivity index (χ1n) is 7.35. The molecule has 0 aliphatic carbocycles. The second-order valence-corrected chi connectivity index (χ2v) is 6.38. The predicted octanol–water partition coefficient (Wildman–Crippen LogP) is 3.48. The van der Waals surface area contributed by atoms with Crippen molar-refractivity contribution in [3.05, 3.63) is 52.2 Å². The van der Waals surface area contributed by atoms with Crippen LogP contribution in [-0.4, -0.2) is 24.8 Å². The fourth-order valence-corrected chi connectivity index (χ4v) is 2.89. The molecule has 0 radical (unpaired) electrons. The van der Waals surface area contributed by atoms with E-state index in [4.69, 9.17) is 4.74 Å². The zero-order chi connectivity index (χ0) is 16.9. The molecule has 2 aromatic rings. The van der Waals surface area contributed by atoms with Crippen LogP contribution in [0, 0.1) is 0 Å². The number of rotatable bonds is 6. The SMILES string of the molecule is CO[C@H](C)c1cccc(NC(=O)NC[C@](C)(O)c2ccsc2)c1. The van der Waals surface area contributed by atoms with Gasteiger partial charge in [-0.25, -0.2) is 4.79 Å². The highest BCUT2D eigenvalue weighted by molar-refractivity contribution is 7.08. The van der Waals surface area contributed by atoms with E-state index in [0.29, 0.717) is 5.69 Å². The number of aliphatic hydroxyl groups is 1. The lowest BCUT2D eigenvalue weighted by atomic mass is 9.99. The van der Waals surface area contributed by atoms with E-state index >= 15 is 0 Å². The summed E-state index contributed by atoms with van der Waals surface area (Å²) in [6.07, 6.45) is -0.0425. The van der Waals surface area contributed by atoms with E-state index in [1.54, 1.807) is 14.0 Å². The summed E-state index contributed by atoms with van der Waals surface area (Å²) in [5.41, 5.74) is 1.36. The van der Waals surface area contributed by atoms with Gasteiger partial charge in [-0.15, -0.1) is 0 Å². The first-order chi connectivity index (χ1) is 10.9. The third-order valence-corrected chi connectivity index (χ3v) is 4.39. The maximum Gasteiger partial charge on any atom is 0.319 e. The summed E-state index contributed by atoms with van der Waals surface area (Å²) in [6.45, 7) is 3.75. The van der Waals surface area contributed by atoms with Gasteiger partial charge < -0.3 is 20.5 Å². The molecule has 2 amide bonds. The third kappa shape index (κ3) is 4.79. The lowest BCUT2D eigenvalue weighted by molar-refractivity contribution is 0.0604. The summed E-state index contributed by atoms with van der Waals surface area (Å²) in [5.74, 6) is 0. The van der Waals surface area contributed by atoms with Crippen LogP contribution in [0.3, 0.4) is 0 Å². The Morgan fingerprint density at radius 2 is 2.22 bits per heavy atom. The van der Waals surface area contributed by atoms with Crippen molar-refractivity contribution >= 4 is 23.1 Å². The summed E-state index contributed by atoms with van der Waals surface area (Å²) in [5, 5.41) is 19.6. The lowest BCUT2D eigenvalue weighted by Gasteiger charge is -2.23. The molecule has 0 bridgehead atoms. The molecule has 6 heteroatoms. The van der Waals surface area contributed by atoms with Crippen LogP contribution in [0.2, 0.25) is 0 Å². The Labute approximate surface area is 140 Å². The van der Waals surface area contributed by atoms with E-state index in [0.717, 1.165) is 11.1 Å². The Bertz CT molecular complexity index is 641. The molecule has 23 heavy (non-hydrogen) atoms. The van der Waals surface area contributed by atoms with Crippen molar-refractivity contribution in [1.82, 2.24) is 5.32 Å². The predicted molar refractivity (Wildman–Crippen MR) is 92.8 cm³/mol. The fraction of sp³-hybridized carbons (Fsp3) is 0.353. The van der Waals surface area contributed by atoms with Crippen molar-refractivity contribution in [1.29, 1.82) is 0 Å². The molecule has 0 spiro atoms. The number of carbonyl (C=O) groups is 1. The van der Waals surface area contributed by atoms with Gasteiger partial charge in [0, 0.05) is 12.8 Å². The molecule has 1 aromatic heterocycles. The smallest absolute Gasteiger partial charge is 0.319 e. The summed E-state index contributed by atoms with van der Waals surface area (Å²) in [6, 6.07) is 8.97. The number of ether oxygens (including phenoxy) is 1. The van der Waals surface area contributed by atoms with Crippen LogP contribution < -0.4 is 10.6 Å². The molecule has 124 valence electrons. The van der Waals surface area contributed by atoms with Crippen molar-refractivity contribution in [2.45, 2.75) is 25.6 Å². The molecule has 2 rings (SSSR count). The standard InChI is InChI=1S/C17H22N2O3S/c1-12(22-3)13-5-4-6-15(9-13)19-16(20)18-11-17(2,21)14-7-8-23-10-14/h4-10,12,21H,11H2,1-3H3,(H2,18,19,20)/t12-,17+/m1/s1. The fourth-order valence-electron chi connectivity index (χ4n) is 2.11. The van der Waals surface area contributed by atoms with Crippen molar-refractivity contribution in [2.24, 2.45) is 0 Å². The first-order valence-corrected chi connectivity index (χ1v) is 8.29. The van der Waals surface area contributed by atoms with Crippen LogP contribution in [0.1, 0.15) is 31.1 Å². The number of hydrogen-bond donors (Lipinski definition) is 3. The minimum absolute atomic E-state index is 0.0425. The molecule has 5 nitrogen and oxygen atoms in total. The van der Waals surface area contributed by atoms with E-state index in [9.17, 15) is 9.90 Å². The Balaban J connectivity index is 1.92. The highest BCUT2D eigenvalue weighted by Gasteiger charge is 2.24. The van der Waals surface area contributed by atoms with Gasteiger partial charge in [0.25, 0.3) is 0 Å². The second-order valence-electron chi connectivity index (χ2n) is 5.60. The first kappa shape index (κ1) is 17.5. The van der Waals surface area contributed by atoms with E-state index in [-0.39, 0.29) is 18.7 Å². The minimum Gasteiger partial charge on any atom is -0.384 e. The largest absolute Gasteiger partial charge is 0.384 e. The van der Waals surface area contributed by atoms with Gasteiger partial charge in [-0.1, -0.05) is 12.1 Å². The molecule has 0 saturated carbocycles. The molecule has 2 atom stereocenters. The summed E-state index contributed by atoms with van der Waals surface area (Å²) in [4.78, 5) is 12.0. The van der Waals surface area contributed by atoms with Crippen LogP contribution in [-0.2, 0) is 10.3 Å². The van der Waals surface area contributed by atoms with Gasteiger partial charge in [-0.3, -0.25) is 0 Å². The lowest BCUT2D eigenvalue weighted by Crippen LogP contribution is -2.40. The number of amides is 2. The van der Waals surface area contributed by atoms with Crippen LogP contribution >= 0.6 is 11.3 Å². The highest BCUT2D eigenvalue weighted by atomic mass is 32.1. The van der Waals surface area contributed by atoms with Gasteiger partial charge in [0.05, 0.1) is 12.6 Å². The van der Waals surface area contributed by atoms with Gasteiger partial charge in [-0.2, -0.15) is 11.3 Å². The minimum atomic E-state index is -1.09. The van der Waals surface area contributed by atoms with E-state index in [1.807, 2.05) is 48.0 Å². The van der Waals surface area contributed by atoms with Gasteiger partial charge >= 0.3 is 6.03 Å². The van der Waals surface area contributed by atoms with Crippen LogP contribution in [0.15, 0.2) is 41.1 Å². The van der Waals surface area contributed by atoms with Gasteiger partial charge in [0.1, 0.15) is 5.60 Å². The van der Waals surface area contributed by atoms with Crippen LogP contribution in [0.4, 0.5) is 10.5 Å². The number of thiophene rings is 1. The molecule has 3 N–H and O–H groups in total. The average Bonchev–Trinajstić information content (AvgIpc) is 3.08. The number of nitrogens with one attached hydrogen (secondary N) is 2. The molecule has 1 aromatic carbocycles. The topological polar surface area (TPSA) is 70.6 Å². The molecule has 1 heterocycles. The van der Waals surface area contributed by atoms with E-state index in [1.165, 1.54) is 11.3 Å². The quantitative estimate of drug-likeness (QED) is 0.757. The number of anilines is 1. The number of benzene rings is 1. The molecule has 0 unspecified atom stereocenters. The van der Waals surface area contributed by atoms with E-state index < -0.39 is 5.60 Å². The number of methoxy groups -OCH3 is 1. The summed E-state index contributed by atoms with van der Waals surface area (Å²) < 4.78 is 5.27. The van der Waals surface area contributed by atoms with Crippen molar-refractivity contribution < 1.29 is 14.6 Å².